The van der Waals surface area contributed by atoms with Gasteiger partial charge in [-0.3, -0.25) is 4.79 Å². The first-order valence-electron chi connectivity index (χ1n) is 4.61. The Morgan fingerprint density at radius 1 is 1.53 bits per heavy atom. The molecule has 0 spiro atoms. The van der Waals surface area contributed by atoms with Crippen molar-refractivity contribution in [3.63, 3.8) is 0 Å². The maximum Gasteiger partial charge on any atom is 0.309 e. The van der Waals surface area contributed by atoms with Gasteiger partial charge in [0, 0.05) is 5.92 Å². The lowest BCUT2D eigenvalue weighted by Gasteiger charge is -2.06. The van der Waals surface area contributed by atoms with E-state index in [-0.39, 0.29) is 6.42 Å². The Hall–Kier alpha value is -1.17. The van der Waals surface area contributed by atoms with Gasteiger partial charge in [0.15, 0.2) is 0 Å². The lowest BCUT2D eigenvalue weighted by Crippen LogP contribution is -2.09. The van der Waals surface area contributed by atoms with Crippen molar-refractivity contribution in [3.8, 4) is 0 Å². The van der Waals surface area contributed by atoms with Crippen LogP contribution in [0.25, 0.3) is 0 Å². The molecule has 80 valence electrons. The quantitative estimate of drug-likeness (QED) is 0.866. The van der Waals surface area contributed by atoms with Gasteiger partial charge in [-0.1, -0.05) is 0 Å². The van der Waals surface area contributed by atoms with Crippen LogP contribution in [-0.2, 0) is 11.2 Å². The van der Waals surface area contributed by atoms with Crippen LogP contribution in [0.1, 0.15) is 30.3 Å². The number of nitrogen functional groups attached to an aromatic ring is 1. The van der Waals surface area contributed by atoms with E-state index in [1.54, 1.807) is 0 Å². The first kappa shape index (κ1) is 10.4. The van der Waals surface area contributed by atoms with Gasteiger partial charge in [-0.25, -0.2) is 9.97 Å². The molecule has 0 amide bonds. The molecular formula is C9H10BrN3O2. The maximum absolute atomic E-state index is 10.6. The SMILES string of the molecule is Nc1nc(C2CC2)nc(CC(=O)O)c1Br. The van der Waals surface area contributed by atoms with Crippen LogP contribution in [0.2, 0.25) is 0 Å². The number of halogens is 1. The summed E-state index contributed by atoms with van der Waals surface area (Å²) >= 11 is 3.20. The number of carboxylic acid groups (broad SMARTS) is 1. The third kappa shape index (κ3) is 2.26. The first-order valence-corrected chi connectivity index (χ1v) is 5.41. The van der Waals surface area contributed by atoms with E-state index in [1.165, 1.54) is 0 Å². The molecule has 1 aromatic rings. The number of carbonyl (C=O) groups is 1. The number of aliphatic carboxylic acids is 1. The van der Waals surface area contributed by atoms with E-state index in [1.807, 2.05) is 0 Å². The largest absolute Gasteiger partial charge is 0.481 e. The molecular weight excluding hydrogens is 262 g/mol. The smallest absolute Gasteiger partial charge is 0.309 e. The summed E-state index contributed by atoms with van der Waals surface area (Å²) in [6.07, 6.45) is 1.99. The zero-order chi connectivity index (χ0) is 11.0. The minimum Gasteiger partial charge on any atom is -0.481 e. The predicted octanol–water partition coefficient (Wildman–Crippen LogP) is 1.33. The standard InChI is InChI=1S/C9H10BrN3O2/c10-7-5(3-6(14)15)12-9(4-1-2-4)13-8(7)11/h4H,1-3H2,(H,14,15)(H2,11,12,13). The molecule has 1 saturated carbocycles. The summed E-state index contributed by atoms with van der Waals surface area (Å²) in [7, 11) is 0. The van der Waals surface area contributed by atoms with E-state index in [4.69, 9.17) is 10.8 Å². The van der Waals surface area contributed by atoms with Crippen LogP contribution in [0.5, 0.6) is 0 Å². The Morgan fingerprint density at radius 2 is 2.20 bits per heavy atom. The van der Waals surface area contributed by atoms with Crippen LogP contribution in [-0.4, -0.2) is 21.0 Å². The second-order valence-corrected chi connectivity index (χ2v) is 4.37. The Labute approximate surface area is 94.9 Å². The molecule has 6 heteroatoms. The fourth-order valence-electron chi connectivity index (χ4n) is 1.32. The number of anilines is 1. The summed E-state index contributed by atoms with van der Waals surface area (Å²) in [6, 6.07) is 0. The highest BCUT2D eigenvalue weighted by Crippen LogP contribution is 2.39. The van der Waals surface area contributed by atoms with E-state index in [9.17, 15) is 4.79 Å². The predicted molar refractivity (Wildman–Crippen MR) is 57.5 cm³/mol. The number of nitrogens with zero attached hydrogens (tertiary/aromatic N) is 2. The van der Waals surface area contributed by atoms with Crippen LogP contribution >= 0.6 is 15.9 Å². The van der Waals surface area contributed by atoms with E-state index in [2.05, 4.69) is 25.9 Å². The van der Waals surface area contributed by atoms with Gasteiger partial charge >= 0.3 is 5.97 Å². The van der Waals surface area contributed by atoms with Crippen LogP contribution in [0.4, 0.5) is 5.82 Å². The Bertz CT molecular complexity index is 418. The summed E-state index contributed by atoms with van der Waals surface area (Å²) in [5, 5.41) is 8.71. The van der Waals surface area contributed by atoms with Crippen molar-refractivity contribution in [2.75, 3.05) is 5.73 Å². The van der Waals surface area contributed by atoms with Crippen molar-refractivity contribution in [1.82, 2.24) is 9.97 Å². The van der Waals surface area contributed by atoms with Crippen LogP contribution < -0.4 is 5.73 Å². The first-order chi connectivity index (χ1) is 7.08. The van der Waals surface area contributed by atoms with Gasteiger partial charge < -0.3 is 10.8 Å². The summed E-state index contributed by atoms with van der Waals surface area (Å²) in [6.45, 7) is 0. The van der Waals surface area contributed by atoms with Crippen molar-refractivity contribution in [1.29, 1.82) is 0 Å². The number of rotatable bonds is 3. The topological polar surface area (TPSA) is 89.1 Å². The van der Waals surface area contributed by atoms with Crippen LogP contribution in [0.3, 0.4) is 0 Å². The average Bonchev–Trinajstić information content (AvgIpc) is 2.94. The Morgan fingerprint density at radius 3 is 2.73 bits per heavy atom. The van der Waals surface area contributed by atoms with Gasteiger partial charge in [0.05, 0.1) is 16.6 Å². The van der Waals surface area contributed by atoms with Crippen LogP contribution in [0, 0.1) is 0 Å². The van der Waals surface area contributed by atoms with Crippen LogP contribution in [0.15, 0.2) is 4.47 Å². The number of hydrogen-bond acceptors (Lipinski definition) is 4. The minimum atomic E-state index is -0.921. The fourth-order valence-corrected chi connectivity index (χ4v) is 1.63. The normalized spacial score (nSPS) is 15.3. The molecule has 1 aliphatic carbocycles. The van der Waals surface area contributed by atoms with E-state index < -0.39 is 5.97 Å². The van der Waals surface area contributed by atoms with Crippen molar-refractivity contribution in [2.24, 2.45) is 0 Å². The van der Waals surface area contributed by atoms with Gasteiger partial charge in [0.25, 0.3) is 0 Å². The zero-order valence-electron chi connectivity index (χ0n) is 7.90. The van der Waals surface area contributed by atoms with Crippen molar-refractivity contribution >= 4 is 27.7 Å². The highest BCUT2D eigenvalue weighted by Gasteiger charge is 2.28. The van der Waals surface area contributed by atoms with Crippen molar-refractivity contribution in [3.05, 3.63) is 16.0 Å². The molecule has 1 aliphatic rings. The average molecular weight is 272 g/mol. The maximum atomic E-state index is 10.6. The third-order valence-corrected chi connectivity index (χ3v) is 3.09. The van der Waals surface area contributed by atoms with Gasteiger partial charge in [0.2, 0.25) is 0 Å². The third-order valence-electron chi connectivity index (χ3n) is 2.22. The molecule has 0 bridgehead atoms. The summed E-state index contributed by atoms with van der Waals surface area (Å²) in [5.41, 5.74) is 6.13. The Balaban J connectivity index is 2.37. The highest BCUT2D eigenvalue weighted by molar-refractivity contribution is 9.10. The highest BCUT2D eigenvalue weighted by atomic mass is 79.9. The van der Waals surface area contributed by atoms with E-state index in [0.29, 0.717) is 27.7 Å². The second-order valence-electron chi connectivity index (χ2n) is 3.57. The van der Waals surface area contributed by atoms with Gasteiger partial charge in [0.1, 0.15) is 11.6 Å². The molecule has 1 fully saturated rings. The molecule has 0 aliphatic heterocycles. The van der Waals surface area contributed by atoms with E-state index in [0.717, 1.165) is 12.8 Å². The lowest BCUT2D eigenvalue weighted by atomic mass is 10.2. The van der Waals surface area contributed by atoms with Gasteiger partial charge in [-0.2, -0.15) is 0 Å². The second kappa shape index (κ2) is 3.77. The molecule has 0 aromatic carbocycles. The molecule has 0 saturated heterocycles. The lowest BCUT2D eigenvalue weighted by molar-refractivity contribution is -0.136. The van der Waals surface area contributed by atoms with Crippen molar-refractivity contribution < 1.29 is 9.90 Å². The molecule has 2 rings (SSSR count). The molecule has 5 nitrogen and oxygen atoms in total. The number of aromatic nitrogens is 2. The molecule has 1 heterocycles. The summed E-state index contributed by atoms with van der Waals surface area (Å²) < 4.78 is 0.495. The van der Waals surface area contributed by atoms with Crippen molar-refractivity contribution in [2.45, 2.75) is 25.2 Å². The number of nitrogens with two attached hydrogens (primary N) is 1. The monoisotopic (exact) mass is 271 g/mol. The Kier molecular flexibility index (Phi) is 2.60. The molecule has 0 radical (unpaired) electrons. The summed E-state index contributed by atoms with van der Waals surface area (Å²) in [5.74, 6) is 0.443. The van der Waals surface area contributed by atoms with E-state index >= 15 is 0 Å². The molecule has 0 unspecified atom stereocenters. The fraction of sp³-hybridized carbons (Fsp3) is 0.444. The minimum absolute atomic E-state index is 0.132. The number of hydrogen-bond donors (Lipinski definition) is 2. The molecule has 1 aromatic heterocycles. The van der Waals surface area contributed by atoms with Gasteiger partial charge in [-0.05, 0) is 28.8 Å². The molecule has 0 atom stereocenters. The van der Waals surface area contributed by atoms with Gasteiger partial charge in [-0.15, -0.1) is 0 Å². The zero-order valence-corrected chi connectivity index (χ0v) is 9.49. The molecule has 3 N–H and O–H groups in total. The number of carboxylic acids is 1. The summed E-state index contributed by atoms with van der Waals surface area (Å²) in [4.78, 5) is 19.0. The molecule has 15 heavy (non-hydrogen) atoms.